The van der Waals surface area contributed by atoms with Crippen molar-refractivity contribution in [2.45, 2.75) is 19.8 Å². The fourth-order valence-electron chi connectivity index (χ4n) is 1.78. The van der Waals surface area contributed by atoms with Gasteiger partial charge in [0.05, 0.1) is 25.5 Å². The van der Waals surface area contributed by atoms with Crippen LogP contribution >= 0.6 is 0 Å². The highest BCUT2D eigenvalue weighted by atomic mass is 16.5. The van der Waals surface area contributed by atoms with E-state index in [-0.39, 0.29) is 35.3 Å². The monoisotopic (exact) mass is 311 g/mol. The third-order valence-corrected chi connectivity index (χ3v) is 2.88. The maximum Gasteiger partial charge on any atom is 0.335 e. The lowest BCUT2D eigenvalue weighted by molar-refractivity contribution is -0.120. The van der Waals surface area contributed by atoms with Crippen LogP contribution in [0, 0.1) is 0 Å². The Morgan fingerprint density at radius 1 is 1.23 bits per heavy atom. The first-order valence-corrected chi connectivity index (χ1v) is 6.90. The lowest BCUT2D eigenvalue weighted by Crippen LogP contribution is -2.19. The van der Waals surface area contributed by atoms with Crippen LogP contribution in [0.2, 0.25) is 0 Å². The molecular formula is C15H21NO6. The molecular weight excluding hydrogens is 290 g/mol. The van der Waals surface area contributed by atoms with E-state index in [9.17, 15) is 9.59 Å². The highest BCUT2D eigenvalue weighted by Crippen LogP contribution is 2.36. The van der Waals surface area contributed by atoms with Gasteiger partial charge in [-0.3, -0.25) is 4.79 Å². The number of carbonyl (C=O) groups is 2. The van der Waals surface area contributed by atoms with Crippen molar-refractivity contribution in [1.29, 1.82) is 0 Å². The van der Waals surface area contributed by atoms with Gasteiger partial charge in [0, 0.05) is 6.61 Å². The molecule has 1 rings (SSSR count). The minimum atomic E-state index is -1.13. The second kappa shape index (κ2) is 8.89. The number of hydrogen-bond donors (Lipinski definition) is 2. The zero-order chi connectivity index (χ0) is 16.5. The Kier molecular flexibility index (Phi) is 7.18. The number of aromatic carboxylic acids is 1. The van der Waals surface area contributed by atoms with Crippen LogP contribution in [0.15, 0.2) is 12.1 Å². The fraction of sp³-hybridized carbons (Fsp3) is 0.467. The van der Waals surface area contributed by atoms with E-state index in [1.54, 1.807) is 0 Å². The van der Waals surface area contributed by atoms with Crippen molar-refractivity contribution in [3.8, 4) is 11.5 Å². The lowest BCUT2D eigenvalue weighted by Gasteiger charge is -2.14. The van der Waals surface area contributed by atoms with Gasteiger partial charge in [-0.2, -0.15) is 0 Å². The molecule has 2 N–H and O–H groups in total. The van der Waals surface area contributed by atoms with Gasteiger partial charge in [0.15, 0.2) is 11.5 Å². The molecule has 0 bridgehead atoms. The number of hydrogen-bond acceptors (Lipinski definition) is 5. The number of methoxy groups -OCH3 is 2. The van der Waals surface area contributed by atoms with E-state index in [0.717, 1.165) is 12.8 Å². The molecule has 0 spiro atoms. The smallest absolute Gasteiger partial charge is 0.335 e. The van der Waals surface area contributed by atoms with Gasteiger partial charge in [-0.25, -0.2) is 4.79 Å². The maximum absolute atomic E-state index is 11.8. The first-order chi connectivity index (χ1) is 10.5. The van der Waals surface area contributed by atoms with E-state index >= 15 is 0 Å². The van der Waals surface area contributed by atoms with Crippen molar-refractivity contribution in [2.75, 3.05) is 32.8 Å². The van der Waals surface area contributed by atoms with E-state index in [0.29, 0.717) is 6.61 Å². The summed E-state index contributed by atoms with van der Waals surface area (Å²) >= 11 is 0. The largest absolute Gasteiger partial charge is 0.493 e. The summed E-state index contributed by atoms with van der Waals surface area (Å²) in [6.07, 6.45) is 1.85. The van der Waals surface area contributed by atoms with Gasteiger partial charge < -0.3 is 24.6 Å². The van der Waals surface area contributed by atoms with Crippen LogP contribution in [0.4, 0.5) is 5.69 Å². The Bertz CT molecular complexity index is 529. The van der Waals surface area contributed by atoms with Crippen molar-refractivity contribution in [3.05, 3.63) is 17.7 Å². The first kappa shape index (κ1) is 17.8. The molecule has 7 nitrogen and oxygen atoms in total. The van der Waals surface area contributed by atoms with Crippen molar-refractivity contribution in [1.82, 2.24) is 0 Å². The average molecular weight is 311 g/mol. The molecule has 0 aliphatic carbocycles. The van der Waals surface area contributed by atoms with Crippen LogP contribution in [0.25, 0.3) is 0 Å². The third-order valence-electron chi connectivity index (χ3n) is 2.88. The van der Waals surface area contributed by atoms with Gasteiger partial charge in [-0.1, -0.05) is 13.3 Å². The van der Waals surface area contributed by atoms with Crippen molar-refractivity contribution < 1.29 is 28.9 Å². The lowest BCUT2D eigenvalue weighted by atomic mass is 10.1. The van der Waals surface area contributed by atoms with Crippen LogP contribution in [-0.4, -0.2) is 44.4 Å². The molecule has 0 aliphatic rings. The topological polar surface area (TPSA) is 94.1 Å². The van der Waals surface area contributed by atoms with Gasteiger partial charge in [0.2, 0.25) is 5.91 Å². The molecule has 0 aromatic heterocycles. The van der Waals surface area contributed by atoms with E-state index in [4.69, 9.17) is 19.3 Å². The second-order valence-corrected chi connectivity index (χ2v) is 4.52. The number of unbranched alkanes of at least 4 members (excludes halogenated alkanes) is 1. The second-order valence-electron chi connectivity index (χ2n) is 4.52. The molecule has 0 heterocycles. The van der Waals surface area contributed by atoms with E-state index in [1.165, 1.54) is 26.4 Å². The summed E-state index contributed by atoms with van der Waals surface area (Å²) in [4.78, 5) is 23.0. The number of carboxylic acids is 1. The van der Waals surface area contributed by atoms with Gasteiger partial charge >= 0.3 is 5.97 Å². The number of benzene rings is 1. The summed E-state index contributed by atoms with van der Waals surface area (Å²) in [6.45, 7) is 2.42. The van der Waals surface area contributed by atoms with Crippen LogP contribution in [0.3, 0.4) is 0 Å². The molecule has 122 valence electrons. The predicted molar refractivity (Wildman–Crippen MR) is 80.9 cm³/mol. The highest BCUT2D eigenvalue weighted by Gasteiger charge is 2.17. The standard InChI is InChI=1S/C15H21NO6/c1-4-5-6-22-9-13(17)16-11-7-10(15(18)19)8-12(20-2)14(11)21-3/h7-8H,4-6,9H2,1-3H3,(H,16,17)(H,18,19). The summed E-state index contributed by atoms with van der Waals surface area (Å²) in [5.74, 6) is -1.03. The van der Waals surface area contributed by atoms with Crippen LogP contribution in [0.5, 0.6) is 11.5 Å². The SMILES string of the molecule is CCCCOCC(=O)Nc1cc(C(=O)O)cc(OC)c1OC. The Hall–Kier alpha value is -2.28. The first-order valence-electron chi connectivity index (χ1n) is 6.90. The number of ether oxygens (including phenoxy) is 3. The van der Waals surface area contributed by atoms with Crippen molar-refractivity contribution >= 4 is 17.6 Å². The van der Waals surface area contributed by atoms with E-state index in [1.807, 2.05) is 6.92 Å². The third kappa shape index (κ3) is 4.92. The summed E-state index contributed by atoms with van der Waals surface area (Å²) in [7, 11) is 2.80. The highest BCUT2D eigenvalue weighted by molar-refractivity contribution is 5.97. The van der Waals surface area contributed by atoms with Gasteiger partial charge in [-0.05, 0) is 18.6 Å². The van der Waals surface area contributed by atoms with Gasteiger partial charge in [-0.15, -0.1) is 0 Å². The minimum Gasteiger partial charge on any atom is -0.493 e. The number of anilines is 1. The van der Waals surface area contributed by atoms with E-state index < -0.39 is 5.97 Å². The van der Waals surface area contributed by atoms with Gasteiger partial charge in [0.1, 0.15) is 6.61 Å². The molecule has 1 amide bonds. The molecule has 0 unspecified atom stereocenters. The van der Waals surface area contributed by atoms with Crippen molar-refractivity contribution in [2.24, 2.45) is 0 Å². The van der Waals surface area contributed by atoms with Crippen LogP contribution < -0.4 is 14.8 Å². The predicted octanol–water partition coefficient (Wildman–Crippen LogP) is 2.16. The number of rotatable bonds is 9. The number of nitrogens with one attached hydrogen (secondary N) is 1. The van der Waals surface area contributed by atoms with Crippen LogP contribution in [-0.2, 0) is 9.53 Å². The Morgan fingerprint density at radius 3 is 2.50 bits per heavy atom. The Balaban J connectivity index is 2.89. The minimum absolute atomic E-state index is 0.0140. The number of carboxylic acid groups (broad SMARTS) is 1. The zero-order valence-corrected chi connectivity index (χ0v) is 13.0. The molecule has 0 aliphatic heterocycles. The maximum atomic E-state index is 11.8. The fourth-order valence-corrected chi connectivity index (χ4v) is 1.78. The molecule has 0 saturated carbocycles. The number of amides is 1. The molecule has 1 aromatic carbocycles. The molecule has 0 radical (unpaired) electrons. The summed E-state index contributed by atoms with van der Waals surface area (Å²) in [5, 5.41) is 11.7. The van der Waals surface area contributed by atoms with Crippen LogP contribution in [0.1, 0.15) is 30.1 Å². The molecule has 0 saturated heterocycles. The molecule has 7 heteroatoms. The average Bonchev–Trinajstić information content (AvgIpc) is 2.50. The summed E-state index contributed by atoms with van der Waals surface area (Å²) in [5.41, 5.74) is 0.211. The Morgan fingerprint density at radius 2 is 1.95 bits per heavy atom. The summed E-state index contributed by atoms with van der Waals surface area (Å²) in [6, 6.07) is 2.64. The molecule has 22 heavy (non-hydrogen) atoms. The van der Waals surface area contributed by atoms with Crippen molar-refractivity contribution in [3.63, 3.8) is 0 Å². The zero-order valence-electron chi connectivity index (χ0n) is 13.0. The quantitative estimate of drug-likeness (QED) is 0.679. The number of carbonyl (C=O) groups excluding carboxylic acids is 1. The molecule has 0 fully saturated rings. The molecule has 1 aromatic rings. The Labute approximate surface area is 129 Å². The molecule has 0 atom stereocenters. The van der Waals surface area contributed by atoms with Gasteiger partial charge in [0.25, 0.3) is 0 Å². The van der Waals surface area contributed by atoms with E-state index in [2.05, 4.69) is 5.32 Å². The summed E-state index contributed by atoms with van der Waals surface area (Å²) < 4.78 is 15.5. The normalized spacial score (nSPS) is 10.1.